The van der Waals surface area contributed by atoms with Gasteiger partial charge in [0, 0.05) is 37.9 Å². The van der Waals surface area contributed by atoms with Crippen LogP contribution in [0.15, 0.2) is 24.5 Å². The van der Waals surface area contributed by atoms with E-state index in [0.29, 0.717) is 6.42 Å². The maximum atomic E-state index is 12.5. The van der Waals surface area contributed by atoms with Crippen LogP contribution in [0, 0.1) is 0 Å². The summed E-state index contributed by atoms with van der Waals surface area (Å²) in [5.41, 5.74) is 1.26. The third-order valence-electron chi connectivity index (χ3n) is 4.74. The third kappa shape index (κ3) is 4.53. The quantitative estimate of drug-likeness (QED) is 0.874. The van der Waals surface area contributed by atoms with Crippen molar-refractivity contribution in [1.29, 1.82) is 0 Å². The molecular formula is C17H27N3O. The number of likely N-dealkylation sites (N-methyl/N-ethyl adjacent to an activating group) is 1. The number of nitrogens with zero attached hydrogens (tertiary/aromatic N) is 2. The van der Waals surface area contributed by atoms with Gasteiger partial charge in [-0.05, 0) is 44.0 Å². The average molecular weight is 289 g/mol. The lowest BCUT2D eigenvalue weighted by Crippen LogP contribution is -2.48. The van der Waals surface area contributed by atoms with Crippen molar-refractivity contribution in [3.8, 4) is 0 Å². The van der Waals surface area contributed by atoms with Crippen molar-refractivity contribution in [1.82, 2.24) is 15.2 Å². The van der Waals surface area contributed by atoms with Gasteiger partial charge in [-0.2, -0.15) is 0 Å². The van der Waals surface area contributed by atoms with Crippen molar-refractivity contribution in [2.24, 2.45) is 0 Å². The van der Waals surface area contributed by atoms with Gasteiger partial charge >= 0.3 is 0 Å². The summed E-state index contributed by atoms with van der Waals surface area (Å²) >= 11 is 0. The number of carbonyl (C=O) groups excluding carboxylic acids is 1. The molecule has 1 N–H and O–H groups in total. The van der Waals surface area contributed by atoms with Crippen molar-refractivity contribution in [3.05, 3.63) is 30.1 Å². The Morgan fingerprint density at radius 1 is 1.29 bits per heavy atom. The summed E-state index contributed by atoms with van der Waals surface area (Å²) in [5, 5.41) is 3.42. The fourth-order valence-electron chi connectivity index (χ4n) is 3.14. The van der Waals surface area contributed by atoms with E-state index in [2.05, 4.69) is 10.3 Å². The van der Waals surface area contributed by atoms with Crippen molar-refractivity contribution < 1.29 is 4.79 Å². The lowest BCUT2D eigenvalue weighted by molar-refractivity contribution is -0.131. The molecule has 1 heterocycles. The molecule has 1 saturated carbocycles. The number of nitrogens with one attached hydrogen (secondary N) is 1. The Balaban J connectivity index is 1.84. The predicted octanol–water partition coefficient (Wildman–Crippen LogP) is 2.39. The topological polar surface area (TPSA) is 45.2 Å². The molecule has 1 aromatic rings. The average Bonchev–Trinajstić information content (AvgIpc) is 2.54. The van der Waals surface area contributed by atoms with Crippen LogP contribution in [0.4, 0.5) is 0 Å². The predicted molar refractivity (Wildman–Crippen MR) is 85.1 cm³/mol. The van der Waals surface area contributed by atoms with Gasteiger partial charge in [0.25, 0.3) is 0 Å². The summed E-state index contributed by atoms with van der Waals surface area (Å²) in [6.07, 6.45) is 11.1. The summed E-state index contributed by atoms with van der Waals surface area (Å²) < 4.78 is 0. The first kappa shape index (κ1) is 16.0. The minimum atomic E-state index is 0.0280. The molecule has 2 rings (SSSR count). The van der Waals surface area contributed by atoms with Gasteiger partial charge in [-0.25, -0.2) is 0 Å². The van der Waals surface area contributed by atoms with E-state index in [1.165, 1.54) is 24.8 Å². The smallest absolute Gasteiger partial charge is 0.224 e. The molecule has 1 amide bonds. The van der Waals surface area contributed by atoms with Crippen LogP contribution in [0.1, 0.15) is 44.1 Å². The zero-order chi connectivity index (χ0) is 15.1. The van der Waals surface area contributed by atoms with E-state index < -0.39 is 0 Å². The molecule has 1 aliphatic rings. The second-order valence-electron chi connectivity index (χ2n) is 6.19. The summed E-state index contributed by atoms with van der Waals surface area (Å²) in [6.45, 7) is 0.767. The minimum Gasteiger partial charge on any atom is -0.345 e. The van der Waals surface area contributed by atoms with Gasteiger partial charge in [-0.15, -0.1) is 0 Å². The van der Waals surface area contributed by atoms with Gasteiger partial charge < -0.3 is 10.2 Å². The number of amides is 1. The molecule has 0 bridgehead atoms. The van der Waals surface area contributed by atoms with Crippen molar-refractivity contribution in [3.63, 3.8) is 0 Å². The van der Waals surface area contributed by atoms with Gasteiger partial charge in [0.1, 0.15) is 0 Å². The molecule has 0 unspecified atom stereocenters. The van der Waals surface area contributed by atoms with Crippen LogP contribution in [-0.4, -0.2) is 42.0 Å². The lowest BCUT2D eigenvalue weighted by atomic mass is 9.79. The van der Waals surface area contributed by atoms with Crippen LogP contribution in [0.3, 0.4) is 0 Å². The van der Waals surface area contributed by atoms with Crippen LogP contribution in [0.5, 0.6) is 0 Å². The van der Waals surface area contributed by atoms with E-state index >= 15 is 0 Å². The Kier molecular flexibility index (Phi) is 5.74. The molecule has 0 aromatic carbocycles. The highest BCUT2D eigenvalue weighted by atomic mass is 16.2. The van der Waals surface area contributed by atoms with Gasteiger partial charge in [0.05, 0.1) is 0 Å². The van der Waals surface area contributed by atoms with E-state index in [4.69, 9.17) is 0 Å². The fourth-order valence-corrected chi connectivity index (χ4v) is 3.14. The van der Waals surface area contributed by atoms with E-state index in [9.17, 15) is 4.79 Å². The highest BCUT2D eigenvalue weighted by molar-refractivity contribution is 5.77. The zero-order valence-corrected chi connectivity index (χ0v) is 13.3. The summed E-state index contributed by atoms with van der Waals surface area (Å²) in [4.78, 5) is 18.4. The first-order valence-electron chi connectivity index (χ1n) is 7.97. The molecule has 1 aliphatic carbocycles. The first-order chi connectivity index (χ1) is 10.2. The molecule has 0 atom stereocenters. The molecule has 1 fully saturated rings. The molecule has 4 heteroatoms. The molecule has 0 radical (unpaired) electrons. The number of rotatable bonds is 6. The zero-order valence-electron chi connectivity index (χ0n) is 13.3. The summed E-state index contributed by atoms with van der Waals surface area (Å²) in [7, 11) is 3.91. The van der Waals surface area contributed by atoms with Crippen LogP contribution < -0.4 is 5.32 Å². The number of carbonyl (C=O) groups is 1. The van der Waals surface area contributed by atoms with Gasteiger partial charge in [-0.1, -0.05) is 19.3 Å². The Bertz CT molecular complexity index is 441. The van der Waals surface area contributed by atoms with E-state index in [1.807, 2.05) is 31.1 Å². The van der Waals surface area contributed by atoms with Gasteiger partial charge in [0.2, 0.25) is 5.91 Å². The highest BCUT2D eigenvalue weighted by Gasteiger charge is 2.33. The number of hydrogen-bond donors (Lipinski definition) is 1. The Labute approximate surface area is 127 Å². The molecule has 116 valence electrons. The molecule has 0 aliphatic heterocycles. The van der Waals surface area contributed by atoms with Crippen LogP contribution in [0.2, 0.25) is 0 Å². The largest absolute Gasteiger partial charge is 0.345 e. The maximum Gasteiger partial charge on any atom is 0.224 e. The second kappa shape index (κ2) is 7.55. The van der Waals surface area contributed by atoms with Gasteiger partial charge in [-0.3, -0.25) is 9.78 Å². The molecule has 1 aromatic heterocycles. The SMILES string of the molecule is CNC1(CC(=O)N(C)CCc2ccncc2)CCCCC1. The number of aromatic nitrogens is 1. The molecule has 0 spiro atoms. The highest BCUT2D eigenvalue weighted by Crippen LogP contribution is 2.31. The molecule has 0 saturated heterocycles. The standard InChI is InChI=1S/C17H27N3O/c1-18-17(9-4-3-5-10-17)14-16(21)20(2)13-8-15-6-11-19-12-7-15/h6-7,11-12,18H,3-5,8-10,13-14H2,1-2H3. The Hall–Kier alpha value is -1.42. The Morgan fingerprint density at radius 2 is 1.95 bits per heavy atom. The first-order valence-corrected chi connectivity index (χ1v) is 7.97. The van der Waals surface area contributed by atoms with E-state index in [1.54, 1.807) is 12.4 Å². The van der Waals surface area contributed by atoms with Crippen LogP contribution in [0.25, 0.3) is 0 Å². The maximum absolute atomic E-state index is 12.5. The van der Waals surface area contributed by atoms with Crippen molar-refractivity contribution >= 4 is 5.91 Å². The Morgan fingerprint density at radius 3 is 2.57 bits per heavy atom. The van der Waals surface area contributed by atoms with Crippen molar-refractivity contribution in [2.45, 2.75) is 50.5 Å². The van der Waals surface area contributed by atoms with Crippen LogP contribution >= 0.6 is 0 Å². The fraction of sp³-hybridized carbons (Fsp3) is 0.647. The normalized spacial score (nSPS) is 17.4. The number of hydrogen-bond acceptors (Lipinski definition) is 3. The molecule has 4 nitrogen and oxygen atoms in total. The monoisotopic (exact) mass is 289 g/mol. The van der Waals surface area contributed by atoms with E-state index in [0.717, 1.165) is 25.8 Å². The van der Waals surface area contributed by atoms with Gasteiger partial charge in [0.15, 0.2) is 0 Å². The van der Waals surface area contributed by atoms with Crippen molar-refractivity contribution in [2.75, 3.05) is 20.6 Å². The summed E-state index contributed by atoms with van der Waals surface area (Å²) in [6, 6.07) is 4.02. The number of pyridine rings is 1. The molecular weight excluding hydrogens is 262 g/mol. The molecule has 21 heavy (non-hydrogen) atoms. The van der Waals surface area contributed by atoms with Crippen LogP contribution in [-0.2, 0) is 11.2 Å². The minimum absolute atomic E-state index is 0.0280. The lowest BCUT2D eigenvalue weighted by Gasteiger charge is -2.37. The third-order valence-corrected chi connectivity index (χ3v) is 4.74. The summed E-state index contributed by atoms with van der Waals surface area (Å²) in [5.74, 6) is 0.250. The van der Waals surface area contributed by atoms with E-state index in [-0.39, 0.29) is 11.4 Å². The second-order valence-corrected chi connectivity index (χ2v) is 6.19.